The SMILES string of the molecule is N#Cc1ccc(NC(=O)c2ccc3c(c2)CCCS3(=O)=O)cc1. The Kier molecular flexibility index (Phi) is 3.89. The minimum atomic E-state index is -3.21. The van der Waals surface area contributed by atoms with Crippen LogP contribution in [0.3, 0.4) is 0 Å². The Labute approximate surface area is 134 Å². The van der Waals surface area contributed by atoms with E-state index in [0.29, 0.717) is 40.1 Å². The second-order valence-corrected chi connectivity index (χ2v) is 7.47. The van der Waals surface area contributed by atoms with Gasteiger partial charge in [0.1, 0.15) is 0 Å². The number of carbonyl (C=O) groups excluding carboxylic acids is 1. The van der Waals surface area contributed by atoms with Crippen LogP contribution in [0, 0.1) is 11.3 Å². The third kappa shape index (κ3) is 3.10. The highest BCUT2D eigenvalue weighted by Crippen LogP contribution is 2.26. The lowest BCUT2D eigenvalue weighted by molar-refractivity contribution is 0.102. The highest BCUT2D eigenvalue weighted by Gasteiger charge is 2.24. The van der Waals surface area contributed by atoms with Crippen LogP contribution < -0.4 is 5.32 Å². The Morgan fingerprint density at radius 3 is 2.57 bits per heavy atom. The second-order valence-electron chi connectivity index (χ2n) is 5.39. The summed E-state index contributed by atoms with van der Waals surface area (Å²) in [5.41, 5.74) is 2.22. The number of hydrogen-bond acceptors (Lipinski definition) is 4. The summed E-state index contributed by atoms with van der Waals surface area (Å²) in [6, 6.07) is 13.2. The molecule has 1 aliphatic heterocycles. The number of hydrogen-bond donors (Lipinski definition) is 1. The Bertz CT molecular complexity index is 910. The maximum absolute atomic E-state index is 12.3. The predicted molar refractivity (Wildman–Crippen MR) is 85.9 cm³/mol. The van der Waals surface area contributed by atoms with E-state index in [1.165, 1.54) is 12.1 Å². The van der Waals surface area contributed by atoms with Gasteiger partial charge in [0.25, 0.3) is 5.91 Å². The van der Waals surface area contributed by atoms with Gasteiger partial charge in [0.15, 0.2) is 9.84 Å². The molecule has 0 fully saturated rings. The molecule has 0 spiro atoms. The van der Waals surface area contributed by atoms with E-state index >= 15 is 0 Å². The van der Waals surface area contributed by atoms with Gasteiger partial charge in [-0.2, -0.15) is 5.26 Å². The minimum Gasteiger partial charge on any atom is -0.322 e. The van der Waals surface area contributed by atoms with Gasteiger partial charge < -0.3 is 5.32 Å². The smallest absolute Gasteiger partial charge is 0.255 e. The monoisotopic (exact) mass is 326 g/mol. The van der Waals surface area contributed by atoms with Crippen LogP contribution in [0.1, 0.15) is 27.9 Å². The third-order valence-electron chi connectivity index (χ3n) is 3.79. The molecule has 0 bridgehead atoms. The molecule has 23 heavy (non-hydrogen) atoms. The molecule has 2 aromatic carbocycles. The van der Waals surface area contributed by atoms with Gasteiger partial charge in [0.2, 0.25) is 0 Å². The zero-order chi connectivity index (χ0) is 16.4. The quantitative estimate of drug-likeness (QED) is 0.918. The third-order valence-corrected chi connectivity index (χ3v) is 5.68. The highest BCUT2D eigenvalue weighted by atomic mass is 32.2. The van der Waals surface area contributed by atoms with E-state index in [1.54, 1.807) is 30.3 Å². The number of nitrogens with one attached hydrogen (secondary N) is 1. The van der Waals surface area contributed by atoms with Crippen molar-refractivity contribution in [3.63, 3.8) is 0 Å². The number of sulfone groups is 1. The number of fused-ring (bicyclic) bond motifs is 1. The Hall–Kier alpha value is -2.65. The molecule has 0 aliphatic carbocycles. The van der Waals surface area contributed by atoms with Gasteiger partial charge in [-0.05, 0) is 60.9 Å². The highest BCUT2D eigenvalue weighted by molar-refractivity contribution is 7.91. The lowest BCUT2D eigenvalue weighted by atomic mass is 10.1. The largest absolute Gasteiger partial charge is 0.322 e. The molecule has 3 rings (SSSR count). The molecule has 0 aromatic heterocycles. The number of benzene rings is 2. The Morgan fingerprint density at radius 2 is 1.87 bits per heavy atom. The summed E-state index contributed by atoms with van der Waals surface area (Å²) in [5, 5.41) is 11.5. The van der Waals surface area contributed by atoms with E-state index in [4.69, 9.17) is 5.26 Å². The molecule has 0 atom stereocenters. The van der Waals surface area contributed by atoms with Crippen LogP contribution in [0.2, 0.25) is 0 Å². The number of carbonyl (C=O) groups is 1. The maximum atomic E-state index is 12.3. The van der Waals surface area contributed by atoms with Crippen LogP contribution in [-0.2, 0) is 16.3 Å². The van der Waals surface area contributed by atoms with Gasteiger partial charge in [0.05, 0.1) is 22.3 Å². The lowest BCUT2D eigenvalue weighted by Crippen LogP contribution is -2.18. The molecule has 0 saturated carbocycles. The van der Waals surface area contributed by atoms with Gasteiger partial charge in [-0.15, -0.1) is 0 Å². The van der Waals surface area contributed by atoms with Crippen molar-refractivity contribution in [2.45, 2.75) is 17.7 Å². The van der Waals surface area contributed by atoms with Crippen molar-refractivity contribution in [1.29, 1.82) is 5.26 Å². The summed E-state index contributed by atoms with van der Waals surface area (Å²) in [6.45, 7) is 0. The van der Waals surface area contributed by atoms with Crippen LogP contribution in [0.25, 0.3) is 0 Å². The summed E-state index contributed by atoms with van der Waals surface area (Å²) in [5.74, 6) is -0.142. The first-order valence-electron chi connectivity index (χ1n) is 7.17. The molecule has 2 aromatic rings. The van der Waals surface area contributed by atoms with E-state index in [-0.39, 0.29) is 11.7 Å². The average Bonchev–Trinajstić information content (AvgIpc) is 2.55. The number of anilines is 1. The van der Waals surface area contributed by atoms with Crippen molar-refractivity contribution >= 4 is 21.4 Å². The summed E-state index contributed by atoms with van der Waals surface area (Å²) in [6.07, 6.45) is 1.24. The van der Waals surface area contributed by atoms with Crippen molar-refractivity contribution in [2.24, 2.45) is 0 Å². The van der Waals surface area contributed by atoms with Crippen LogP contribution in [0.15, 0.2) is 47.4 Å². The fourth-order valence-electron chi connectivity index (χ4n) is 2.61. The van der Waals surface area contributed by atoms with Crippen molar-refractivity contribution in [3.8, 4) is 6.07 Å². The Balaban J connectivity index is 1.84. The first-order valence-corrected chi connectivity index (χ1v) is 8.82. The van der Waals surface area contributed by atoms with Gasteiger partial charge in [0, 0.05) is 11.3 Å². The summed E-state index contributed by atoms with van der Waals surface area (Å²) in [4.78, 5) is 12.6. The van der Waals surface area contributed by atoms with Crippen molar-refractivity contribution < 1.29 is 13.2 Å². The van der Waals surface area contributed by atoms with Crippen LogP contribution >= 0.6 is 0 Å². The van der Waals surface area contributed by atoms with Gasteiger partial charge >= 0.3 is 0 Å². The number of nitrogens with zero attached hydrogens (tertiary/aromatic N) is 1. The normalized spacial score (nSPS) is 15.3. The fraction of sp³-hybridized carbons (Fsp3) is 0.176. The summed E-state index contributed by atoms with van der Waals surface area (Å²) < 4.78 is 24.0. The topological polar surface area (TPSA) is 87.0 Å². The first kappa shape index (κ1) is 15.3. The number of amides is 1. The van der Waals surface area contributed by atoms with Crippen molar-refractivity contribution in [3.05, 3.63) is 59.2 Å². The summed E-state index contributed by atoms with van der Waals surface area (Å²) >= 11 is 0. The number of aryl methyl sites for hydroxylation is 1. The van der Waals surface area contributed by atoms with Gasteiger partial charge in [-0.1, -0.05) is 0 Å². The van der Waals surface area contributed by atoms with Gasteiger partial charge in [-0.3, -0.25) is 4.79 Å². The molecule has 116 valence electrons. The zero-order valence-corrected chi connectivity index (χ0v) is 13.1. The maximum Gasteiger partial charge on any atom is 0.255 e. The molecule has 6 heteroatoms. The molecule has 0 unspecified atom stereocenters. The standard InChI is InChI=1S/C17H14N2O3S/c18-11-12-3-6-15(7-4-12)19-17(20)14-5-8-16-13(10-14)2-1-9-23(16,21)22/h3-8,10H,1-2,9H2,(H,19,20). The van der Waals surface area contributed by atoms with Crippen LogP contribution in [-0.4, -0.2) is 20.1 Å². The molecule has 1 N–H and O–H groups in total. The molecule has 1 aliphatic rings. The second kappa shape index (κ2) is 5.86. The predicted octanol–water partition coefficient (Wildman–Crippen LogP) is 2.53. The van der Waals surface area contributed by atoms with E-state index in [9.17, 15) is 13.2 Å². The van der Waals surface area contributed by atoms with E-state index in [1.807, 2.05) is 6.07 Å². The average molecular weight is 326 g/mol. The summed E-state index contributed by atoms with van der Waals surface area (Å²) in [7, 11) is -3.21. The molecular weight excluding hydrogens is 312 g/mol. The zero-order valence-electron chi connectivity index (χ0n) is 12.2. The first-order chi connectivity index (χ1) is 11.0. The minimum absolute atomic E-state index is 0.163. The Morgan fingerprint density at radius 1 is 1.13 bits per heavy atom. The fourth-order valence-corrected chi connectivity index (χ4v) is 4.19. The molecular formula is C17H14N2O3S. The van der Waals surface area contributed by atoms with Crippen LogP contribution in [0.5, 0.6) is 0 Å². The molecule has 0 radical (unpaired) electrons. The molecule has 1 amide bonds. The molecule has 1 heterocycles. The van der Waals surface area contributed by atoms with E-state index < -0.39 is 9.84 Å². The van der Waals surface area contributed by atoms with E-state index in [2.05, 4.69) is 5.32 Å². The number of rotatable bonds is 2. The van der Waals surface area contributed by atoms with Crippen molar-refractivity contribution in [1.82, 2.24) is 0 Å². The van der Waals surface area contributed by atoms with Crippen LogP contribution in [0.4, 0.5) is 5.69 Å². The number of nitriles is 1. The molecule has 5 nitrogen and oxygen atoms in total. The van der Waals surface area contributed by atoms with Gasteiger partial charge in [-0.25, -0.2) is 8.42 Å². The van der Waals surface area contributed by atoms with Crippen molar-refractivity contribution in [2.75, 3.05) is 11.1 Å². The lowest BCUT2D eigenvalue weighted by Gasteiger charge is -2.17. The van der Waals surface area contributed by atoms with E-state index in [0.717, 1.165) is 0 Å². The molecule has 0 saturated heterocycles.